The molecule has 1 unspecified atom stereocenters. The number of anilines is 1. The molecule has 0 spiro atoms. The highest BCUT2D eigenvalue weighted by Crippen LogP contribution is 2.31. The molecule has 0 saturated carbocycles. The molecular formula is C18H20N2O3. The van der Waals surface area contributed by atoms with Gasteiger partial charge in [-0.25, -0.2) is 0 Å². The van der Waals surface area contributed by atoms with Crippen LogP contribution < -0.4 is 15.4 Å². The van der Waals surface area contributed by atoms with Crippen LogP contribution >= 0.6 is 0 Å². The number of nitrogens with one attached hydrogen (secondary N) is 2. The van der Waals surface area contributed by atoms with E-state index in [0.717, 1.165) is 17.0 Å². The normalized spacial score (nSPS) is 19.5. The number of methoxy groups -OCH3 is 1. The average Bonchev–Trinajstić information content (AvgIpc) is 2.55. The molecule has 1 heterocycles. The highest BCUT2D eigenvalue weighted by molar-refractivity contribution is 6.02. The quantitative estimate of drug-likeness (QED) is 0.834. The second-order valence-corrected chi connectivity index (χ2v) is 5.62. The summed E-state index contributed by atoms with van der Waals surface area (Å²) in [4.78, 5) is 12.3. The number of hydrogen-bond acceptors (Lipinski definition) is 4. The maximum Gasteiger partial charge on any atom is 0.255 e. The molecule has 0 aliphatic carbocycles. The molecule has 1 aliphatic rings. The fourth-order valence-electron chi connectivity index (χ4n) is 2.66. The molecule has 120 valence electrons. The van der Waals surface area contributed by atoms with Crippen LogP contribution in [0.3, 0.4) is 0 Å². The first-order valence-corrected chi connectivity index (χ1v) is 7.54. The summed E-state index contributed by atoms with van der Waals surface area (Å²) in [5, 5.41) is 6.43. The predicted molar refractivity (Wildman–Crippen MR) is 88.7 cm³/mol. The number of benzene rings is 2. The fraction of sp³-hybridized carbons (Fsp3) is 0.278. The number of hydrogen-bond donors (Lipinski definition) is 2. The summed E-state index contributed by atoms with van der Waals surface area (Å²) in [6, 6.07) is 15.2. The summed E-state index contributed by atoms with van der Waals surface area (Å²) in [7, 11) is 1.64. The van der Waals surface area contributed by atoms with Gasteiger partial charge in [-0.05, 0) is 36.8 Å². The maximum absolute atomic E-state index is 12.3. The molecule has 1 aliphatic heterocycles. The van der Waals surface area contributed by atoms with Crippen LogP contribution in [0, 0.1) is 0 Å². The van der Waals surface area contributed by atoms with Crippen molar-refractivity contribution in [3.05, 3.63) is 59.7 Å². The molecular weight excluding hydrogens is 292 g/mol. The molecule has 0 radical (unpaired) electrons. The average molecular weight is 312 g/mol. The molecule has 2 aromatic rings. The Morgan fingerprint density at radius 1 is 1.00 bits per heavy atom. The minimum absolute atomic E-state index is 0.0812. The van der Waals surface area contributed by atoms with E-state index < -0.39 is 5.66 Å². The van der Waals surface area contributed by atoms with E-state index in [9.17, 15) is 4.79 Å². The summed E-state index contributed by atoms with van der Waals surface area (Å²) in [5.74, 6) is 0.694. The highest BCUT2D eigenvalue weighted by Gasteiger charge is 2.34. The van der Waals surface area contributed by atoms with Crippen LogP contribution in [0.1, 0.15) is 22.8 Å². The molecule has 0 bridgehead atoms. The van der Waals surface area contributed by atoms with Gasteiger partial charge in [0, 0.05) is 12.8 Å². The van der Waals surface area contributed by atoms with Gasteiger partial charge in [0.05, 0.1) is 12.2 Å². The molecule has 2 aromatic carbocycles. The highest BCUT2D eigenvalue weighted by atomic mass is 16.5. The van der Waals surface area contributed by atoms with Gasteiger partial charge >= 0.3 is 0 Å². The van der Waals surface area contributed by atoms with Crippen molar-refractivity contribution in [1.82, 2.24) is 5.32 Å². The van der Waals surface area contributed by atoms with Crippen molar-refractivity contribution in [1.29, 1.82) is 0 Å². The molecule has 3 rings (SSSR count). The third-order valence-corrected chi connectivity index (χ3v) is 3.91. The molecule has 2 N–H and O–H groups in total. The lowest BCUT2D eigenvalue weighted by Gasteiger charge is -2.38. The molecule has 5 nitrogen and oxygen atoms in total. The van der Waals surface area contributed by atoms with E-state index >= 15 is 0 Å². The summed E-state index contributed by atoms with van der Waals surface area (Å²) < 4.78 is 10.5. The van der Waals surface area contributed by atoms with E-state index in [1.54, 1.807) is 7.11 Å². The number of fused-ring (bicyclic) bond motifs is 1. The number of carbonyl (C=O) groups excluding carboxylic acids is 1. The standard InChI is InChI=1S/C18H20N2O3/c1-18(13-7-9-14(10-8-13)23-12-11-22-2)19-16-6-4-3-5-15(16)17(21)20-18/h3-10,19H,11-12H2,1-2H3,(H,20,21). The molecule has 23 heavy (non-hydrogen) atoms. The van der Waals surface area contributed by atoms with Crippen LogP contribution in [0.4, 0.5) is 5.69 Å². The van der Waals surface area contributed by atoms with E-state index in [2.05, 4.69) is 10.6 Å². The summed E-state index contributed by atoms with van der Waals surface area (Å²) >= 11 is 0. The van der Waals surface area contributed by atoms with Crippen LogP contribution in [0.15, 0.2) is 48.5 Å². The molecule has 1 atom stereocenters. The predicted octanol–water partition coefficient (Wildman–Crippen LogP) is 2.74. The zero-order valence-corrected chi connectivity index (χ0v) is 13.3. The van der Waals surface area contributed by atoms with Crippen LogP contribution in [-0.4, -0.2) is 26.2 Å². The first kappa shape index (κ1) is 15.4. The van der Waals surface area contributed by atoms with Crippen LogP contribution in [0.25, 0.3) is 0 Å². The van der Waals surface area contributed by atoms with E-state index in [4.69, 9.17) is 9.47 Å². The van der Waals surface area contributed by atoms with E-state index in [-0.39, 0.29) is 5.91 Å². The zero-order chi connectivity index (χ0) is 16.3. The Kier molecular flexibility index (Phi) is 4.21. The van der Waals surface area contributed by atoms with Crippen LogP contribution in [-0.2, 0) is 10.4 Å². The molecule has 0 fully saturated rings. The lowest BCUT2D eigenvalue weighted by atomic mass is 9.96. The number of carbonyl (C=O) groups is 1. The number of rotatable bonds is 5. The van der Waals surface area contributed by atoms with E-state index in [1.165, 1.54) is 0 Å². The smallest absolute Gasteiger partial charge is 0.255 e. The van der Waals surface area contributed by atoms with Crippen LogP contribution in [0.5, 0.6) is 5.75 Å². The largest absolute Gasteiger partial charge is 0.491 e. The van der Waals surface area contributed by atoms with Crippen molar-refractivity contribution < 1.29 is 14.3 Å². The third kappa shape index (κ3) is 3.14. The Hall–Kier alpha value is -2.53. The monoisotopic (exact) mass is 312 g/mol. The number of para-hydroxylation sites is 1. The Balaban J connectivity index is 1.80. The molecule has 0 aromatic heterocycles. The molecule has 1 amide bonds. The van der Waals surface area contributed by atoms with Gasteiger partial charge in [-0.15, -0.1) is 0 Å². The van der Waals surface area contributed by atoms with Gasteiger partial charge in [-0.1, -0.05) is 24.3 Å². The summed E-state index contributed by atoms with van der Waals surface area (Å²) in [5.41, 5.74) is 1.79. The fourth-order valence-corrected chi connectivity index (χ4v) is 2.66. The lowest BCUT2D eigenvalue weighted by molar-refractivity contribution is 0.0906. The van der Waals surface area contributed by atoms with Crippen molar-refractivity contribution in [3.63, 3.8) is 0 Å². The summed E-state index contributed by atoms with van der Waals surface area (Å²) in [6.07, 6.45) is 0. The van der Waals surface area contributed by atoms with Gasteiger partial charge in [-0.3, -0.25) is 4.79 Å². The van der Waals surface area contributed by atoms with Gasteiger partial charge in [0.1, 0.15) is 18.0 Å². The maximum atomic E-state index is 12.3. The zero-order valence-electron chi connectivity index (χ0n) is 13.3. The van der Waals surface area contributed by atoms with Gasteiger partial charge in [0.2, 0.25) is 0 Å². The lowest BCUT2D eigenvalue weighted by Crippen LogP contribution is -2.52. The van der Waals surface area contributed by atoms with Crippen molar-refractivity contribution in [2.45, 2.75) is 12.6 Å². The molecule has 5 heteroatoms. The number of ether oxygens (including phenoxy) is 2. The minimum atomic E-state index is -0.656. The second-order valence-electron chi connectivity index (χ2n) is 5.62. The van der Waals surface area contributed by atoms with Gasteiger partial charge in [0.25, 0.3) is 5.91 Å². The van der Waals surface area contributed by atoms with Crippen molar-refractivity contribution >= 4 is 11.6 Å². The van der Waals surface area contributed by atoms with E-state index in [0.29, 0.717) is 18.8 Å². The van der Waals surface area contributed by atoms with Gasteiger partial charge in [0.15, 0.2) is 0 Å². The van der Waals surface area contributed by atoms with Crippen LogP contribution in [0.2, 0.25) is 0 Å². The topological polar surface area (TPSA) is 59.6 Å². The Morgan fingerprint density at radius 2 is 1.74 bits per heavy atom. The van der Waals surface area contributed by atoms with E-state index in [1.807, 2.05) is 55.5 Å². The second kappa shape index (κ2) is 6.30. The SMILES string of the molecule is COCCOc1ccc(C2(C)NC(=O)c3ccccc3N2)cc1. The van der Waals surface area contributed by atoms with Gasteiger partial charge in [-0.2, -0.15) is 0 Å². The van der Waals surface area contributed by atoms with Crippen molar-refractivity contribution in [3.8, 4) is 5.75 Å². The van der Waals surface area contributed by atoms with Gasteiger partial charge < -0.3 is 20.1 Å². The molecule has 0 saturated heterocycles. The first-order chi connectivity index (χ1) is 11.1. The van der Waals surface area contributed by atoms with Crippen molar-refractivity contribution in [2.75, 3.05) is 25.6 Å². The summed E-state index contributed by atoms with van der Waals surface area (Å²) in [6.45, 7) is 3.00. The Morgan fingerprint density at radius 3 is 2.48 bits per heavy atom. The third-order valence-electron chi connectivity index (χ3n) is 3.91. The minimum Gasteiger partial charge on any atom is -0.491 e. The number of amides is 1. The Bertz CT molecular complexity index is 700. The first-order valence-electron chi connectivity index (χ1n) is 7.54. The Labute approximate surface area is 135 Å². The van der Waals surface area contributed by atoms with Crippen molar-refractivity contribution in [2.24, 2.45) is 0 Å².